The summed E-state index contributed by atoms with van der Waals surface area (Å²) in [6.45, 7) is 4.07. The Morgan fingerprint density at radius 2 is 2.00 bits per heavy atom. The first-order chi connectivity index (χ1) is 2.80. The highest BCUT2D eigenvalue weighted by Crippen LogP contribution is 2.05. The standard InChI is InChI=1S/C5H7N/c1-4-3-6-5(4)2/h3H,1-2H3. The van der Waals surface area contributed by atoms with Crippen LogP contribution in [0.25, 0.3) is 0 Å². The Morgan fingerprint density at radius 1 is 1.50 bits per heavy atom. The Kier molecular flexibility index (Phi) is 0.560. The van der Waals surface area contributed by atoms with E-state index in [0.29, 0.717) is 0 Å². The summed E-state index contributed by atoms with van der Waals surface area (Å²) >= 11 is 0. The number of rotatable bonds is 0. The number of allylic oxidation sites excluding steroid dienone is 1. The Balaban J connectivity index is 2.63. The van der Waals surface area contributed by atoms with E-state index in [4.69, 9.17) is 0 Å². The van der Waals surface area contributed by atoms with Crippen molar-refractivity contribution in [1.82, 2.24) is 0 Å². The number of hydrogen-bond donors (Lipinski definition) is 0. The summed E-state index contributed by atoms with van der Waals surface area (Å²) in [6, 6.07) is 0. The van der Waals surface area contributed by atoms with Gasteiger partial charge in [0.25, 0.3) is 0 Å². The lowest BCUT2D eigenvalue weighted by Crippen LogP contribution is -1.98. The minimum Gasteiger partial charge on any atom is -0.261 e. The third-order valence-corrected chi connectivity index (χ3v) is 1.02. The van der Waals surface area contributed by atoms with Crippen LogP contribution in [0.5, 0.6) is 0 Å². The van der Waals surface area contributed by atoms with Crippen LogP contribution < -0.4 is 0 Å². The van der Waals surface area contributed by atoms with Gasteiger partial charge in [0.1, 0.15) is 0 Å². The molecule has 0 atom stereocenters. The van der Waals surface area contributed by atoms with Crippen LogP contribution in [0.3, 0.4) is 0 Å². The Labute approximate surface area is 37.4 Å². The molecule has 32 valence electrons. The van der Waals surface area contributed by atoms with Crippen LogP contribution in [0.4, 0.5) is 0 Å². The van der Waals surface area contributed by atoms with Gasteiger partial charge in [-0.2, -0.15) is 0 Å². The molecule has 1 aliphatic rings. The van der Waals surface area contributed by atoms with Crippen LogP contribution in [0, 0.1) is 0 Å². The molecule has 6 heavy (non-hydrogen) atoms. The smallest absolute Gasteiger partial charge is 0.0417 e. The predicted molar refractivity (Wildman–Crippen MR) is 26.9 cm³/mol. The molecule has 0 aliphatic carbocycles. The molecule has 1 nitrogen and oxygen atoms in total. The fraction of sp³-hybridized carbons (Fsp3) is 0.400. The molecule has 0 aromatic heterocycles. The van der Waals surface area contributed by atoms with Crippen molar-refractivity contribution in [2.24, 2.45) is 4.99 Å². The average Bonchev–Trinajstić information content (AvgIpc) is 1.61. The van der Waals surface area contributed by atoms with Crippen molar-refractivity contribution in [3.05, 3.63) is 11.8 Å². The van der Waals surface area contributed by atoms with Crippen molar-refractivity contribution >= 4 is 5.71 Å². The average molecular weight is 81.1 g/mol. The Morgan fingerprint density at radius 3 is 2.00 bits per heavy atom. The van der Waals surface area contributed by atoms with E-state index >= 15 is 0 Å². The normalized spacial score (nSPS) is 18.3. The summed E-state index contributed by atoms with van der Waals surface area (Å²) in [5.74, 6) is 0. The van der Waals surface area contributed by atoms with Gasteiger partial charge >= 0.3 is 0 Å². The van der Waals surface area contributed by atoms with Crippen molar-refractivity contribution in [2.45, 2.75) is 13.8 Å². The highest BCUT2D eigenvalue weighted by atomic mass is 14.8. The molecule has 1 heterocycles. The van der Waals surface area contributed by atoms with E-state index in [1.165, 1.54) is 11.3 Å². The zero-order valence-electron chi connectivity index (χ0n) is 4.02. The summed E-state index contributed by atoms with van der Waals surface area (Å²) in [5.41, 5.74) is 2.49. The lowest BCUT2D eigenvalue weighted by molar-refractivity contribution is 1.34. The lowest BCUT2D eigenvalue weighted by Gasteiger charge is -2.03. The number of nitrogens with zero attached hydrogens (tertiary/aromatic N) is 1. The highest BCUT2D eigenvalue weighted by Gasteiger charge is 1.98. The van der Waals surface area contributed by atoms with E-state index in [1.807, 2.05) is 13.1 Å². The van der Waals surface area contributed by atoms with Crippen molar-refractivity contribution in [3.8, 4) is 0 Å². The van der Waals surface area contributed by atoms with Gasteiger partial charge in [-0.15, -0.1) is 0 Å². The summed E-state index contributed by atoms with van der Waals surface area (Å²) in [5, 5.41) is 0. The zero-order chi connectivity index (χ0) is 4.57. The molecule has 1 heteroatoms. The quantitative estimate of drug-likeness (QED) is 0.417. The van der Waals surface area contributed by atoms with E-state index in [9.17, 15) is 0 Å². The third-order valence-electron chi connectivity index (χ3n) is 1.02. The fourth-order valence-electron chi connectivity index (χ4n) is 0.323. The van der Waals surface area contributed by atoms with Crippen molar-refractivity contribution in [1.29, 1.82) is 0 Å². The van der Waals surface area contributed by atoms with Crippen LogP contribution in [0.1, 0.15) is 13.8 Å². The molecule has 1 rings (SSSR count). The van der Waals surface area contributed by atoms with E-state index in [2.05, 4.69) is 11.9 Å². The molecule has 0 unspecified atom stereocenters. The van der Waals surface area contributed by atoms with Gasteiger partial charge in [0, 0.05) is 11.9 Å². The molecule has 0 fully saturated rings. The van der Waals surface area contributed by atoms with Crippen molar-refractivity contribution < 1.29 is 0 Å². The molecule has 1 aliphatic heterocycles. The van der Waals surface area contributed by atoms with E-state index < -0.39 is 0 Å². The first-order valence-corrected chi connectivity index (χ1v) is 2.02. The topological polar surface area (TPSA) is 12.4 Å². The van der Waals surface area contributed by atoms with Crippen LogP contribution >= 0.6 is 0 Å². The maximum atomic E-state index is 3.91. The summed E-state index contributed by atoms with van der Waals surface area (Å²) < 4.78 is 0. The molecular weight excluding hydrogens is 74.1 g/mol. The van der Waals surface area contributed by atoms with Crippen LogP contribution in [0.15, 0.2) is 16.8 Å². The van der Waals surface area contributed by atoms with Crippen LogP contribution in [0.2, 0.25) is 0 Å². The second-order valence-electron chi connectivity index (χ2n) is 1.53. The van der Waals surface area contributed by atoms with Gasteiger partial charge in [0.2, 0.25) is 0 Å². The van der Waals surface area contributed by atoms with Crippen LogP contribution in [-0.2, 0) is 0 Å². The Hall–Kier alpha value is -0.590. The molecule has 0 N–H and O–H groups in total. The summed E-state index contributed by atoms with van der Waals surface area (Å²) in [7, 11) is 0. The van der Waals surface area contributed by atoms with Gasteiger partial charge in [-0.25, -0.2) is 0 Å². The third kappa shape index (κ3) is 0.280. The second kappa shape index (κ2) is 0.934. The molecule has 0 aromatic rings. The van der Waals surface area contributed by atoms with Gasteiger partial charge in [-0.05, 0) is 19.4 Å². The minimum absolute atomic E-state index is 1.18. The fourth-order valence-corrected chi connectivity index (χ4v) is 0.323. The molecule has 0 aromatic carbocycles. The van der Waals surface area contributed by atoms with Gasteiger partial charge in [-0.1, -0.05) is 0 Å². The molecule has 0 bridgehead atoms. The SMILES string of the molecule is CC1=CN=C1C. The van der Waals surface area contributed by atoms with E-state index in [-0.39, 0.29) is 0 Å². The molecular formula is C5H7N. The number of aliphatic imine (C=N–C) groups is 1. The van der Waals surface area contributed by atoms with Gasteiger partial charge in [-0.3, -0.25) is 4.99 Å². The van der Waals surface area contributed by atoms with Crippen molar-refractivity contribution in [2.75, 3.05) is 0 Å². The molecule has 0 radical (unpaired) electrons. The summed E-state index contributed by atoms with van der Waals surface area (Å²) in [4.78, 5) is 3.91. The zero-order valence-corrected chi connectivity index (χ0v) is 4.02. The monoisotopic (exact) mass is 81.1 g/mol. The van der Waals surface area contributed by atoms with Gasteiger partial charge < -0.3 is 0 Å². The molecule has 0 saturated heterocycles. The minimum atomic E-state index is 1.18. The first-order valence-electron chi connectivity index (χ1n) is 2.02. The van der Waals surface area contributed by atoms with E-state index in [0.717, 1.165) is 0 Å². The maximum Gasteiger partial charge on any atom is 0.0417 e. The van der Waals surface area contributed by atoms with Crippen LogP contribution in [-0.4, -0.2) is 5.71 Å². The molecule has 0 saturated carbocycles. The summed E-state index contributed by atoms with van der Waals surface area (Å²) in [6.07, 6.45) is 1.87. The number of hydrogen-bond acceptors (Lipinski definition) is 1. The van der Waals surface area contributed by atoms with Gasteiger partial charge in [0.15, 0.2) is 0 Å². The van der Waals surface area contributed by atoms with Crippen molar-refractivity contribution in [3.63, 3.8) is 0 Å². The first kappa shape index (κ1) is 3.59. The van der Waals surface area contributed by atoms with Gasteiger partial charge in [0.05, 0.1) is 0 Å². The maximum absolute atomic E-state index is 3.91. The second-order valence-corrected chi connectivity index (χ2v) is 1.53. The molecule has 0 amide bonds. The van der Waals surface area contributed by atoms with E-state index in [1.54, 1.807) is 0 Å². The Bertz CT molecular complexity index is 104. The molecule has 0 spiro atoms. The highest BCUT2D eigenvalue weighted by molar-refractivity contribution is 6.02. The predicted octanol–water partition coefficient (Wildman–Crippen LogP) is 1.36. The lowest BCUT2D eigenvalue weighted by atomic mass is 10.2. The largest absolute Gasteiger partial charge is 0.261 e.